The molecule has 0 bridgehead atoms. The number of hydrogen-bond acceptors (Lipinski definition) is 4. The number of aryl methyl sites for hydroxylation is 2. The number of halogens is 1. The van der Waals surface area contributed by atoms with E-state index >= 15 is 0 Å². The third-order valence-corrected chi connectivity index (χ3v) is 5.23. The summed E-state index contributed by atoms with van der Waals surface area (Å²) in [7, 11) is 0. The quantitative estimate of drug-likeness (QED) is 0.606. The maximum absolute atomic E-state index is 13.3. The molecule has 1 aromatic heterocycles. The Morgan fingerprint density at radius 3 is 2.66 bits per heavy atom. The average Bonchev–Trinajstić information content (AvgIpc) is 3.03. The van der Waals surface area contributed by atoms with Crippen molar-refractivity contribution in [3.63, 3.8) is 0 Å². The zero-order chi connectivity index (χ0) is 21.0. The van der Waals surface area contributed by atoms with Crippen molar-refractivity contribution in [3.05, 3.63) is 52.7 Å². The first-order valence-corrected chi connectivity index (χ1v) is 10.3. The molecule has 0 spiro atoms. The predicted molar refractivity (Wildman–Crippen MR) is 112 cm³/mol. The molecule has 1 saturated heterocycles. The molecule has 1 aliphatic rings. The first kappa shape index (κ1) is 21.3. The molecule has 1 aliphatic heterocycles. The monoisotopic (exact) mass is 402 g/mol. The Kier molecular flexibility index (Phi) is 6.90. The number of aliphatic imine (C=N–C) groups is 1. The van der Waals surface area contributed by atoms with Crippen LogP contribution >= 0.6 is 0 Å². The van der Waals surface area contributed by atoms with E-state index in [1.807, 2.05) is 13.8 Å². The van der Waals surface area contributed by atoms with Gasteiger partial charge in [-0.05, 0) is 45.4 Å². The van der Waals surface area contributed by atoms with Crippen molar-refractivity contribution in [3.8, 4) is 0 Å². The Hall–Kier alpha value is -2.41. The summed E-state index contributed by atoms with van der Waals surface area (Å²) in [6.07, 6.45) is -0.0779. The van der Waals surface area contributed by atoms with Crippen LogP contribution < -0.4 is 5.32 Å². The van der Waals surface area contributed by atoms with Crippen molar-refractivity contribution in [2.45, 2.75) is 52.7 Å². The van der Waals surface area contributed by atoms with Gasteiger partial charge < -0.3 is 19.5 Å². The van der Waals surface area contributed by atoms with Crippen LogP contribution in [-0.2, 0) is 4.74 Å². The van der Waals surface area contributed by atoms with Gasteiger partial charge in [0.15, 0.2) is 5.96 Å². The third kappa shape index (κ3) is 5.15. The van der Waals surface area contributed by atoms with Gasteiger partial charge in [-0.3, -0.25) is 4.99 Å². The minimum atomic E-state index is -0.238. The zero-order valence-electron chi connectivity index (χ0n) is 17.9. The molecule has 29 heavy (non-hydrogen) atoms. The molecule has 2 heterocycles. The van der Waals surface area contributed by atoms with Gasteiger partial charge in [0.2, 0.25) is 0 Å². The summed E-state index contributed by atoms with van der Waals surface area (Å²) in [5.41, 5.74) is 3.03. The van der Waals surface area contributed by atoms with Gasteiger partial charge in [-0.2, -0.15) is 0 Å². The molecule has 158 valence electrons. The molecule has 6 nitrogen and oxygen atoms in total. The fourth-order valence-electron chi connectivity index (χ4n) is 3.92. The first-order chi connectivity index (χ1) is 13.9. The second-order valence-electron chi connectivity index (χ2n) is 7.73. The van der Waals surface area contributed by atoms with Gasteiger partial charge in [0, 0.05) is 31.1 Å². The van der Waals surface area contributed by atoms with Crippen LogP contribution in [0.5, 0.6) is 0 Å². The number of hydrogen-bond donors (Lipinski definition) is 1. The van der Waals surface area contributed by atoms with Crippen LogP contribution in [0.2, 0.25) is 0 Å². The molecule has 2 aromatic rings. The van der Waals surface area contributed by atoms with Crippen LogP contribution in [0.25, 0.3) is 0 Å². The number of aromatic nitrogens is 1. The minimum absolute atomic E-state index is 0.0441. The van der Waals surface area contributed by atoms with Gasteiger partial charge in [-0.25, -0.2) is 4.39 Å². The number of rotatable bonds is 5. The molecule has 3 atom stereocenters. The molecule has 0 saturated carbocycles. The molecule has 3 unspecified atom stereocenters. The van der Waals surface area contributed by atoms with E-state index in [1.165, 1.54) is 12.1 Å². The molecular formula is C22H31FN4O2. The van der Waals surface area contributed by atoms with E-state index in [1.54, 1.807) is 12.1 Å². The van der Waals surface area contributed by atoms with Crippen LogP contribution in [0.15, 0.2) is 33.8 Å². The standard InChI is InChI=1S/C22H31FN4O2/c1-6-24-22(25-11-14(2)21-16(4)26-29-17(21)5)27-12-15(3)28-20(13-27)18-7-9-19(23)10-8-18/h7-10,14-15,20H,6,11-13H2,1-5H3,(H,24,25). The number of benzene rings is 1. The molecular weight excluding hydrogens is 371 g/mol. The fourth-order valence-corrected chi connectivity index (χ4v) is 3.92. The largest absolute Gasteiger partial charge is 0.367 e. The maximum atomic E-state index is 13.3. The molecule has 1 N–H and O–H groups in total. The topological polar surface area (TPSA) is 62.9 Å². The summed E-state index contributed by atoms with van der Waals surface area (Å²) < 4.78 is 24.7. The van der Waals surface area contributed by atoms with E-state index in [4.69, 9.17) is 14.3 Å². The van der Waals surface area contributed by atoms with Crippen LogP contribution in [0.3, 0.4) is 0 Å². The number of morpholine rings is 1. The van der Waals surface area contributed by atoms with E-state index in [-0.39, 0.29) is 23.9 Å². The van der Waals surface area contributed by atoms with E-state index < -0.39 is 0 Å². The van der Waals surface area contributed by atoms with E-state index in [2.05, 4.69) is 36.1 Å². The Bertz CT molecular complexity index is 814. The van der Waals surface area contributed by atoms with Gasteiger partial charge in [-0.15, -0.1) is 0 Å². The smallest absolute Gasteiger partial charge is 0.194 e. The molecule has 3 rings (SSSR count). The van der Waals surface area contributed by atoms with Crippen molar-refractivity contribution in [1.29, 1.82) is 0 Å². The van der Waals surface area contributed by atoms with Gasteiger partial charge in [-0.1, -0.05) is 24.2 Å². The Morgan fingerprint density at radius 1 is 1.31 bits per heavy atom. The normalized spacial score (nSPS) is 21.3. The van der Waals surface area contributed by atoms with Gasteiger partial charge >= 0.3 is 0 Å². The van der Waals surface area contributed by atoms with Crippen LogP contribution in [0.1, 0.15) is 55.4 Å². The highest BCUT2D eigenvalue weighted by Gasteiger charge is 2.28. The lowest BCUT2D eigenvalue weighted by Gasteiger charge is -2.39. The van der Waals surface area contributed by atoms with Crippen molar-refractivity contribution in [2.75, 3.05) is 26.2 Å². The summed E-state index contributed by atoms with van der Waals surface area (Å²) >= 11 is 0. The SMILES string of the molecule is CCNC(=NCC(C)c1c(C)noc1C)N1CC(C)OC(c2ccc(F)cc2)C1. The number of nitrogens with one attached hydrogen (secondary N) is 1. The Balaban J connectivity index is 1.76. The van der Waals surface area contributed by atoms with Gasteiger partial charge in [0.05, 0.1) is 18.3 Å². The summed E-state index contributed by atoms with van der Waals surface area (Å²) in [6.45, 7) is 13.0. The highest BCUT2D eigenvalue weighted by atomic mass is 19.1. The predicted octanol–water partition coefficient (Wildman–Crippen LogP) is 3.96. The second-order valence-corrected chi connectivity index (χ2v) is 7.73. The molecule has 0 amide bonds. The number of ether oxygens (including phenoxy) is 1. The number of nitrogens with zero attached hydrogens (tertiary/aromatic N) is 3. The second kappa shape index (κ2) is 9.39. The van der Waals surface area contributed by atoms with Crippen LogP contribution in [-0.4, -0.2) is 48.3 Å². The number of guanidine groups is 1. The van der Waals surface area contributed by atoms with E-state index in [0.717, 1.165) is 41.6 Å². The van der Waals surface area contributed by atoms with E-state index in [9.17, 15) is 4.39 Å². The average molecular weight is 403 g/mol. The molecule has 7 heteroatoms. The lowest BCUT2D eigenvalue weighted by molar-refractivity contribution is -0.0605. The van der Waals surface area contributed by atoms with Crippen molar-refractivity contribution < 1.29 is 13.7 Å². The minimum Gasteiger partial charge on any atom is -0.367 e. The first-order valence-electron chi connectivity index (χ1n) is 10.3. The summed E-state index contributed by atoms with van der Waals surface area (Å²) in [6, 6.07) is 6.54. The Labute approximate surface area is 172 Å². The molecule has 1 fully saturated rings. The lowest BCUT2D eigenvalue weighted by atomic mass is 10.00. The van der Waals surface area contributed by atoms with E-state index in [0.29, 0.717) is 13.1 Å². The van der Waals surface area contributed by atoms with Gasteiger partial charge in [0.1, 0.15) is 17.7 Å². The van der Waals surface area contributed by atoms with Gasteiger partial charge in [0.25, 0.3) is 0 Å². The highest BCUT2D eigenvalue weighted by molar-refractivity contribution is 5.80. The van der Waals surface area contributed by atoms with Crippen molar-refractivity contribution in [1.82, 2.24) is 15.4 Å². The lowest BCUT2D eigenvalue weighted by Crippen LogP contribution is -2.50. The maximum Gasteiger partial charge on any atom is 0.194 e. The Morgan fingerprint density at radius 2 is 2.03 bits per heavy atom. The van der Waals surface area contributed by atoms with Crippen LogP contribution in [0.4, 0.5) is 4.39 Å². The van der Waals surface area contributed by atoms with Crippen LogP contribution in [0, 0.1) is 19.7 Å². The summed E-state index contributed by atoms with van der Waals surface area (Å²) in [5, 5.41) is 7.46. The molecule has 0 aliphatic carbocycles. The molecule has 0 radical (unpaired) electrons. The summed E-state index contributed by atoms with van der Waals surface area (Å²) in [5.74, 6) is 1.69. The molecule has 1 aromatic carbocycles. The van der Waals surface area contributed by atoms with Crippen molar-refractivity contribution >= 4 is 5.96 Å². The van der Waals surface area contributed by atoms with Crippen molar-refractivity contribution in [2.24, 2.45) is 4.99 Å². The summed E-state index contributed by atoms with van der Waals surface area (Å²) in [4.78, 5) is 7.13. The highest BCUT2D eigenvalue weighted by Crippen LogP contribution is 2.26. The fraction of sp³-hybridized carbons (Fsp3) is 0.545. The third-order valence-electron chi connectivity index (χ3n) is 5.23. The zero-order valence-corrected chi connectivity index (χ0v) is 17.9.